The van der Waals surface area contributed by atoms with E-state index in [4.69, 9.17) is 0 Å². The van der Waals surface area contributed by atoms with Crippen LogP contribution in [0.25, 0.3) is 0 Å². The molecule has 0 radical (unpaired) electrons. The van der Waals surface area contributed by atoms with Gasteiger partial charge in [0.25, 0.3) is 5.69 Å². The van der Waals surface area contributed by atoms with Crippen molar-refractivity contribution < 1.29 is 4.92 Å². The van der Waals surface area contributed by atoms with E-state index < -0.39 is 0 Å². The largest absolute Gasteiger partial charge is 0.364 e. The van der Waals surface area contributed by atoms with Crippen LogP contribution in [0.1, 0.15) is 19.3 Å². The fourth-order valence-electron chi connectivity index (χ4n) is 3.43. The number of halogens is 1. The minimum Gasteiger partial charge on any atom is -0.364 e. The molecule has 3 rings (SSSR count). The zero-order valence-electron chi connectivity index (χ0n) is 11.5. The zero-order chi connectivity index (χ0) is 14.3. The predicted octanol–water partition coefficient (Wildman–Crippen LogP) is 3.03. The summed E-state index contributed by atoms with van der Waals surface area (Å²) in [5, 5.41) is 11.2. The van der Waals surface area contributed by atoms with E-state index in [0.717, 1.165) is 29.7 Å². The molecule has 5 nitrogen and oxygen atoms in total. The second kappa shape index (κ2) is 5.33. The third kappa shape index (κ3) is 2.42. The molecule has 0 spiro atoms. The van der Waals surface area contributed by atoms with E-state index in [-0.39, 0.29) is 10.6 Å². The average Bonchev–Trinajstić information content (AvgIpc) is 2.62. The van der Waals surface area contributed by atoms with E-state index in [9.17, 15) is 10.1 Å². The lowest BCUT2D eigenvalue weighted by Gasteiger charge is -2.27. The normalized spacial score (nSPS) is 26.6. The molecule has 6 heteroatoms. The van der Waals surface area contributed by atoms with Crippen molar-refractivity contribution in [2.24, 2.45) is 0 Å². The average molecular weight is 340 g/mol. The number of nitro groups is 1. The first-order chi connectivity index (χ1) is 9.56. The number of likely N-dealkylation sites (N-methyl/N-ethyl adjacent to an activating group) is 1. The van der Waals surface area contributed by atoms with Gasteiger partial charge in [0.2, 0.25) is 0 Å². The van der Waals surface area contributed by atoms with E-state index in [1.54, 1.807) is 12.1 Å². The summed E-state index contributed by atoms with van der Waals surface area (Å²) < 4.78 is 0.890. The molecule has 0 aromatic heterocycles. The molecule has 0 amide bonds. The van der Waals surface area contributed by atoms with E-state index in [1.165, 1.54) is 12.8 Å². The molecule has 2 unspecified atom stereocenters. The minimum atomic E-state index is -0.283. The molecule has 2 heterocycles. The van der Waals surface area contributed by atoms with Gasteiger partial charge in [-0.2, -0.15) is 0 Å². The van der Waals surface area contributed by atoms with Crippen molar-refractivity contribution >= 4 is 27.3 Å². The van der Waals surface area contributed by atoms with Crippen molar-refractivity contribution in [3.63, 3.8) is 0 Å². The molecule has 2 atom stereocenters. The monoisotopic (exact) mass is 339 g/mol. The first-order valence-electron chi connectivity index (χ1n) is 6.97. The van der Waals surface area contributed by atoms with Crippen molar-refractivity contribution in [3.05, 3.63) is 32.8 Å². The molecular formula is C14H18BrN3O2. The Hall–Kier alpha value is -1.14. The zero-order valence-corrected chi connectivity index (χ0v) is 13.0. The highest BCUT2D eigenvalue weighted by atomic mass is 79.9. The lowest BCUT2D eigenvalue weighted by Crippen LogP contribution is -2.36. The van der Waals surface area contributed by atoms with Crippen molar-refractivity contribution in [1.29, 1.82) is 0 Å². The Labute approximate surface area is 126 Å². The van der Waals surface area contributed by atoms with Crippen LogP contribution < -0.4 is 4.90 Å². The maximum Gasteiger partial charge on any atom is 0.292 e. The van der Waals surface area contributed by atoms with Gasteiger partial charge in [0.15, 0.2) is 0 Å². The number of benzene rings is 1. The molecule has 0 aliphatic carbocycles. The fraction of sp³-hybridized carbons (Fsp3) is 0.571. The van der Waals surface area contributed by atoms with Gasteiger partial charge in [-0.05, 0) is 38.4 Å². The summed E-state index contributed by atoms with van der Waals surface area (Å²) in [5.41, 5.74) is 0.943. The molecule has 2 fully saturated rings. The number of anilines is 1. The number of nitro benzene ring substituents is 1. The maximum absolute atomic E-state index is 11.2. The van der Waals surface area contributed by atoms with Crippen LogP contribution in [0.2, 0.25) is 0 Å². The summed E-state index contributed by atoms with van der Waals surface area (Å²) >= 11 is 3.42. The third-order valence-electron chi connectivity index (χ3n) is 4.62. The molecule has 2 aliphatic rings. The first kappa shape index (κ1) is 13.8. The highest BCUT2D eigenvalue weighted by Crippen LogP contribution is 2.36. The summed E-state index contributed by atoms with van der Waals surface area (Å²) in [7, 11) is 2.18. The lowest BCUT2D eigenvalue weighted by molar-refractivity contribution is -0.384. The van der Waals surface area contributed by atoms with Crippen LogP contribution >= 0.6 is 15.9 Å². The van der Waals surface area contributed by atoms with Gasteiger partial charge in [0, 0.05) is 35.7 Å². The van der Waals surface area contributed by atoms with Crippen LogP contribution in [-0.4, -0.2) is 42.0 Å². The summed E-state index contributed by atoms with van der Waals surface area (Å²) in [6, 6.07) is 6.35. The number of fused-ring (bicyclic) bond motifs is 2. The van der Waals surface area contributed by atoms with Gasteiger partial charge >= 0.3 is 0 Å². The topological polar surface area (TPSA) is 49.6 Å². The van der Waals surface area contributed by atoms with Gasteiger partial charge in [-0.3, -0.25) is 15.0 Å². The summed E-state index contributed by atoms with van der Waals surface area (Å²) in [6.45, 7) is 1.77. The number of nitrogens with zero attached hydrogens (tertiary/aromatic N) is 3. The Balaban J connectivity index is 1.93. The van der Waals surface area contributed by atoms with Crippen molar-refractivity contribution in [2.45, 2.75) is 31.3 Å². The Morgan fingerprint density at radius 2 is 2.05 bits per heavy atom. The van der Waals surface area contributed by atoms with Crippen LogP contribution in [-0.2, 0) is 0 Å². The van der Waals surface area contributed by atoms with Crippen molar-refractivity contribution in [2.75, 3.05) is 25.0 Å². The number of hydrogen-bond donors (Lipinski definition) is 0. The van der Waals surface area contributed by atoms with Gasteiger partial charge in [-0.25, -0.2) is 0 Å². The molecule has 2 saturated heterocycles. The standard InChI is InChI=1S/C14H18BrN3O2/c1-16-11-3-4-12(16)9-17(7-6-11)14-8-10(15)2-5-13(14)18(19)20/h2,5,8,11-12H,3-4,6-7,9H2,1H3. The summed E-state index contributed by atoms with van der Waals surface area (Å²) in [6.07, 6.45) is 3.53. The van der Waals surface area contributed by atoms with Crippen LogP contribution in [0.3, 0.4) is 0 Å². The highest BCUT2D eigenvalue weighted by molar-refractivity contribution is 9.10. The van der Waals surface area contributed by atoms with Gasteiger partial charge in [-0.1, -0.05) is 15.9 Å². The Bertz CT molecular complexity index is 537. The van der Waals surface area contributed by atoms with Gasteiger partial charge in [-0.15, -0.1) is 0 Å². The molecule has 20 heavy (non-hydrogen) atoms. The van der Waals surface area contributed by atoms with Crippen LogP contribution in [0.15, 0.2) is 22.7 Å². The molecule has 108 valence electrons. The molecule has 0 saturated carbocycles. The molecule has 2 bridgehead atoms. The van der Waals surface area contributed by atoms with Gasteiger partial charge in [0.1, 0.15) is 5.69 Å². The maximum atomic E-state index is 11.2. The van der Waals surface area contributed by atoms with E-state index in [1.807, 2.05) is 6.07 Å². The number of hydrogen-bond acceptors (Lipinski definition) is 4. The quantitative estimate of drug-likeness (QED) is 0.613. The molecule has 1 aromatic carbocycles. The molecular weight excluding hydrogens is 322 g/mol. The molecule has 0 N–H and O–H groups in total. The predicted molar refractivity (Wildman–Crippen MR) is 82.2 cm³/mol. The minimum absolute atomic E-state index is 0.202. The van der Waals surface area contributed by atoms with Gasteiger partial charge < -0.3 is 4.90 Å². The Morgan fingerprint density at radius 1 is 1.30 bits per heavy atom. The van der Waals surface area contributed by atoms with Crippen molar-refractivity contribution in [1.82, 2.24) is 4.90 Å². The van der Waals surface area contributed by atoms with E-state index >= 15 is 0 Å². The summed E-state index contributed by atoms with van der Waals surface area (Å²) in [4.78, 5) is 15.6. The van der Waals surface area contributed by atoms with Crippen LogP contribution in [0.4, 0.5) is 11.4 Å². The van der Waals surface area contributed by atoms with E-state index in [2.05, 4.69) is 32.8 Å². The van der Waals surface area contributed by atoms with Crippen LogP contribution in [0, 0.1) is 10.1 Å². The second-order valence-electron chi connectivity index (χ2n) is 5.68. The highest BCUT2D eigenvalue weighted by Gasteiger charge is 2.36. The Kier molecular flexibility index (Phi) is 3.69. The fourth-order valence-corrected chi connectivity index (χ4v) is 3.78. The van der Waals surface area contributed by atoms with Crippen LogP contribution in [0.5, 0.6) is 0 Å². The van der Waals surface area contributed by atoms with E-state index in [0.29, 0.717) is 12.1 Å². The first-order valence-corrected chi connectivity index (χ1v) is 7.76. The molecule has 2 aliphatic heterocycles. The lowest BCUT2D eigenvalue weighted by atomic mass is 10.1. The smallest absolute Gasteiger partial charge is 0.292 e. The second-order valence-corrected chi connectivity index (χ2v) is 6.59. The number of rotatable bonds is 2. The van der Waals surface area contributed by atoms with Gasteiger partial charge in [0.05, 0.1) is 4.92 Å². The Morgan fingerprint density at radius 3 is 2.80 bits per heavy atom. The SMILES string of the molecule is CN1C2CCC1CN(c1cc(Br)ccc1[N+](=O)[O-])CC2. The summed E-state index contributed by atoms with van der Waals surface area (Å²) in [5.74, 6) is 0. The van der Waals surface area contributed by atoms with Crippen molar-refractivity contribution in [3.8, 4) is 0 Å². The third-order valence-corrected chi connectivity index (χ3v) is 5.12. The molecule has 1 aromatic rings.